The van der Waals surface area contributed by atoms with E-state index in [1.165, 1.54) is 28.2 Å². The molecule has 2 fully saturated rings. The molecule has 2 aliphatic heterocycles. The van der Waals surface area contributed by atoms with Crippen LogP contribution in [0.5, 0.6) is 0 Å². The van der Waals surface area contributed by atoms with Crippen molar-refractivity contribution in [1.29, 1.82) is 0 Å². The normalized spacial score (nSPS) is 23.8. The second kappa shape index (κ2) is 7.63. The van der Waals surface area contributed by atoms with Crippen molar-refractivity contribution in [3.8, 4) is 0 Å². The number of carbonyl (C=O) groups is 1. The molecular weight excluding hydrogens is 396 g/mol. The smallest absolute Gasteiger partial charge is 0.292 e. The van der Waals surface area contributed by atoms with Gasteiger partial charge in [0.1, 0.15) is 0 Å². The Morgan fingerprint density at radius 2 is 2.03 bits per heavy atom. The van der Waals surface area contributed by atoms with Crippen LogP contribution in [0.15, 0.2) is 40.3 Å². The van der Waals surface area contributed by atoms with Crippen LogP contribution in [0.4, 0.5) is 0 Å². The lowest BCUT2D eigenvalue weighted by Crippen LogP contribution is -2.36. The van der Waals surface area contributed by atoms with Crippen LogP contribution in [0.3, 0.4) is 0 Å². The first kappa shape index (κ1) is 19.5. The van der Waals surface area contributed by atoms with E-state index in [0.717, 1.165) is 26.2 Å². The van der Waals surface area contributed by atoms with Gasteiger partial charge in [-0.1, -0.05) is 24.3 Å². The van der Waals surface area contributed by atoms with Gasteiger partial charge in [0.25, 0.3) is 5.91 Å². The second-order valence-electron chi connectivity index (χ2n) is 8.56. The van der Waals surface area contributed by atoms with Gasteiger partial charge in [-0.05, 0) is 48.0 Å². The van der Waals surface area contributed by atoms with Crippen molar-refractivity contribution in [1.82, 2.24) is 19.2 Å². The number of rotatable bonds is 4. The largest absolute Gasteiger partial charge is 0.436 e. The molecule has 0 aliphatic carbocycles. The SMILES string of the molecule is Cc1nc(C)c(C(=O)N2C[C@@H]3CN(Cc4cnsc4)C[C@@H]3[C@H]2c2ccccc2C)o1. The van der Waals surface area contributed by atoms with Crippen molar-refractivity contribution < 1.29 is 9.21 Å². The summed E-state index contributed by atoms with van der Waals surface area (Å²) in [6.45, 7) is 9.44. The first-order valence-corrected chi connectivity index (χ1v) is 11.3. The fraction of sp³-hybridized carbons (Fsp3) is 0.435. The molecule has 7 heteroatoms. The Morgan fingerprint density at radius 3 is 2.73 bits per heavy atom. The number of benzene rings is 1. The Bertz CT molecular complexity index is 1060. The van der Waals surface area contributed by atoms with Crippen molar-refractivity contribution in [2.75, 3.05) is 19.6 Å². The number of likely N-dealkylation sites (tertiary alicyclic amines) is 2. The molecule has 1 aromatic carbocycles. The van der Waals surface area contributed by atoms with Crippen LogP contribution in [0.2, 0.25) is 0 Å². The first-order chi connectivity index (χ1) is 14.5. The van der Waals surface area contributed by atoms with Crippen LogP contribution >= 0.6 is 11.5 Å². The Morgan fingerprint density at radius 1 is 1.20 bits per heavy atom. The molecule has 2 saturated heterocycles. The molecule has 156 valence electrons. The van der Waals surface area contributed by atoms with Crippen LogP contribution in [-0.4, -0.2) is 44.7 Å². The Balaban J connectivity index is 1.46. The van der Waals surface area contributed by atoms with Gasteiger partial charge in [0.2, 0.25) is 5.76 Å². The summed E-state index contributed by atoms with van der Waals surface area (Å²) in [6.07, 6.45) is 1.96. The lowest BCUT2D eigenvalue weighted by Gasteiger charge is -2.30. The van der Waals surface area contributed by atoms with Gasteiger partial charge in [-0.2, -0.15) is 0 Å². The highest BCUT2D eigenvalue weighted by Gasteiger charge is 2.50. The molecule has 6 nitrogen and oxygen atoms in total. The fourth-order valence-corrected chi connectivity index (χ4v) is 5.74. The molecule has 0 unspecified atom stereocenters. The molecule has 2 aliphatic rings. The third kappa shape index (κ3) is 3.36. The summed E-state index contributed by atoms with van der Waals surface area (Å²) in [6, 6.07) is 8.50. The van der Waals surface area contributed by atoms with Crippen LogP contribution in [-0.2, 0) is 6.54 Å². The minimum absolute atomic E-state index is 0.0377. The van der Waals surface area contributed by atoms with Gasteiger partial charge in [-0.15, -0.1) is 0 Å². The van der Waals surface area contributed by atoms with Crippen molar-refractivity contribution in [2.24, 2.45) is 11.8 Å². The van der Waals surface area contributed by atoms with E-state index in [9.17, 15) is 4.79 Å². The number of fused-ring (bicyclic) bond motifs is 1. The van der Waals surface area contributed by atoms with E-state index in [-0.39, 0.29) is 11.9 Å². The molecule has 3 aromatic rings. The number of hydrogen-bond acceptors (Lipinski definition) is 6. The summed E-state index contributed by atoms with van der Waals surface area (Å²) in [5, 5.41) is 2.12. The van der Waals surface area contributed by atoms with E-state index in [4.69, 9.17) is 4.42 Å². The molecule has 0 spiro atoms. The summed E-state index contributed by atoms with van der Waals surface area (Å²) in [7, 11) is 0. The highest BCUT2D eigenvalue weighted by atomic mass is 32.1. The molecule has 0 N–H and O–H groups in total. The lowest BCUT2D eigenvalue weighted by molar-refractivity contribution is 0.0664. The molecule has 5 rings (SSSR count). The molecule has 2 aromatic heterocycles. The molecule has 1 amide bonds. The topological polar surface area (TPSA) is 62.5 Å². The summed E-state index contributed by atoms with van der Waals surface area (Å²) < 4.78 is 9.93. The first-order valence-electron chi connectivity index (χ1n) is 10.4. The van der Waals surface area contributed by atoms with Gasteiger partial charge in [0, 0.05) is 50.6 Å². The number of aromatic nitrogens is 2. The quantitative estimate of drug-likeness (QED) is 0.636. The number of carbonyl (C=O) groups excluding carboxylic acids is 1. The van der Waals surface area contributed by atoms with Crippen LogP contribution < -0.4 is 0 Å². The van der Waals surface area contributed by atoms with Gasteiger partial charge >= 0.3 is 0 Å². The van der Waals surface area contributed by atoms with Crippen LogP contribution in [0.25, 0.3) is 0 Å². The monoisotopic (exact) mass is 422 g/mol. The number of nitrogens with zero attached hydrogens (tertiary/aromatic N) is 4. The number of oxazole rings is 1. The van der Waals surface area contributed by atoms with E-state index < -0.39 is 0 Å². The average Bonchev–Trinajstić information content (AvgIpc) is 3.47. The molecule has 0 radical (unpaired) electrons. The van der Waals surface area contributed by atoms with Gasteiger partial charge in [-0.25, -0.2) is 9.36 Å². The van der Waals surface area contributed by atoms with Crippen molar-refractivity contribution in [3.63, 3.8) is 0 Å². The molecular formula is C23H26N4O2S. The molecule has 0 bridgehead atoms. The molecule has 30 heavy (non-hydrogen) atoms. The van der Waals surface area contributed by atoms with Crippen molar-refractivity contribution in [3.05, 3.63) is 69.9 Å². The van der Waals surface area contributed by atoms with Crippen molar-refractivity contribution in [2.45, 2.75) is 33.4 Å². The van der Waals surface area contributed by atoms with E-state index >= 15 is 0 Å². The zero-order valence-corrected chi connectivity index (χ0v) is 18.4. The Kier molecular flexibility index (Phi) is 4.95. The van der Waals surface area contributed by atoms with Crippen LogP contribution in [0.1, 0.15) is 44.9 Å². The van der Waals surface area contributed by atoms with E-state index in [2.05, 4.69) is 50.8 Å². The van der Waals surface area contributed by atoms with Gasteiger partial charge < -0.3 is 9.32 Å². The highest BCUT2D eigenvalue weighted by Crippen LogP contribution is 2.46. The zero-order chi connectivity index (χ0) is 20.8. The predicted octanol–water partition coefficient (Wildman–Crippen LogP) is 4.00. The molecule has 4 heterocycles. The van der Waals surface area contributed by atoms with E-state index in [1.807, 2.05) is 18.0 Å². The minimum Gasteiger partial charge on any atom is -0.436 e. The van der Waals surface area contributed by atoms with Gasteiger partial charge in [-0.3, -0.25) is 9.69 Å². The predicted molar refractivity (Wildman–Crippen MR) is 115 cm³/mol. The maximum absolute atomic E-state index is 13.5. The zero-order valence-electron chi connectivity index (χ0n) is 17.5. The summed E-state index contributed by atoms with van der Waals surface area (Å²) in [5.41, 5.74) is 4.41. The highest BCUT2D eigenvalue weighted by molar-refractivity contribution is 7.03. The van der Waals surface area contributed by atoms with Gasteiger partial charge in [0.05, 0.1) is 11.7 Å². The van der Waals surface area contributed by atoms with E-state index in [1.54, 1.807) is 6.92 Å². The number of amides is 1. The second-order valence-corrected chi connectivity index (χ2v) is 9.21. The van der Waals surface area contributed by atoms with Crippen molar-refractivity contribution >= 4 is 17.4 Å². The summed E-state index contributed by atoms with van der Waals surface area (Å²) >= 11 is 1.50. The lowest BCUT2D eigenvalue weighted by atomic mass is 9.87. The standard InChI is InChI=1S/C23H26N4O2S/c1-14-6-4-5-7-19(14)21-20-12-26(9-17-8-24-30-13-17)10-18(20)11-27(21)23(28)22-15(2)25-16(3)29-22/h4-8,13,18,20-21H,9-12H2,1-3H3/t18-,20-,21+/m0/s1. The Hall–Kier alpha value is -2.51. The third-order valence-corrected chi connectivity index (χ3v) is 7.13. The summed E-state index contributed by atoms with van der Waals surface area (Å²) in [4.78, 5) is 22.4. The number of hydrogen-bond donors (Lipinski definition) is 0. The summed E-state index contributed by atoms with van der Waals surface area (Å²) in [5.74, 6) is 1.75. The maximum atomic E-state index is 13.5. The number of aryl methyl sites for hydroxylation is 3. The third-order valence-electron chi connectivity index (χ3n) is 6.50. The van der Waals surface area contributed by atoms with Crippen LogP contribution in [0, 0.1) is 32.6 Å². The minimum atomic E-state index is -0.0377. The maximum Gasteiger partial charge on any atom is 0.292 e. The van der Waals surface area contributed by atoms with E-state index in [0.29, 0.717) is 29.2 Å². The molecule has 3 atom stereocenters. The van der Waals surface area contributed by atoms with Gasteiger partial charge in [0.15, 0.2) is 5.89 Å². The Labute approximate surface area is 180 Å². The fourth-order valence-electron chi connectivity index (χ4n) is 5.22. The molecule has 0 saturated carbocycles. The average molecular weight is 423 g/mol.